The largest absolute Gasteiger partial charge is 0.326 e. The molecule has 1 aromatic carbocycles. The first-order valence-corrected chi connectivity index (χ1v) is 8.31. The number of rotatable bonds is 2. The molecule has 0 unspecified atom stereocenters. The van der Waals surface area contributed by atoms with Crippen LogP contribution in [0.4, 0.5) is 5.69 Å². The maximum Gasteiger partial charge on any atom is 0.230 e. The van der Waals surface area contributed by atoms with E-state index in [0.29, 0.717) is 0 Å². The monoisotopic (exact) mass is 289 g/mol. The summed E-state index contributed by atoms with van der Waals surface area (Å²) in [4.78, 5) is 12.4. The predicted molar refractivity (Wildman–Crippen MR) is 91.7 cm³/mol. The van der Waals surface area contributed by atoms with E-state index in [1.165, 1.54) is 36.8 Å². The molecule has 21 heavy (non-hydrogen) atoms. The molecule has 0 heterocycles. The van der Waals surface area contributed by atoms with Gasteiger partial charge in [-0.3, -0.25) is 4.79 Å². The standard InChI is InChI=1S/C16H23NO.C3H8/c1-12-7-8-14(11-13(12)2)17-15(18)16(3)9-5-4-6-10-16;1-3-2/h7-8,11H,4-6,9-10H2,1-3H3,(H,17,18);3H2,1-2H3. The highest BCUT2D eigenvalue weighted by molar-refractivity contribution is 5.95. The van der Waals surface area contributed by atoms with Crippen LogP contribution >= 0.6 is 0 Å². The van der Waals surface area contributed by atoms with Crippen molar-refractivity contribution in [3.8, 4) is 0 Å². The average Bonchev–Trinajstić information content (AvgIpc) is 2.44. The molecule has 0 saturated heterocycles. The summed E-state index contributed by atoms with van der Waals surface area (Å²) in [5.41, 5.74) is 3.24. The van der Waals surface area contributed by atoms with Crippen LogP contribution in [0, 0.1) is 19.3 Å². The van der Waals surface area contributed by atoms with Gasteiger partial charge in [-0.05, 0) is 49.9 Å². The molecule has 2 heteroatoms. The molecule has 0 bridgehead atoms. The maximum absolute atomic E-state index is 12.4. The van der Waals surface area contributed by atoms with Gasteiger partial charge in [0.15, 0.2) is 0 Å². The van der Waals surface area contributed by atoms with E-state index < -0.39 is 0 Å². The highest BCUT2D eigenvalue weighted by Crippen LogP contribution is 2.36. The summed E-state index contributed by atoms with van der Waals surface area (Å²) < 4.78 is 0. The highest BCUT2D eigenvalue weighted by atomic mass is 16.2. The van der Waals surface area contributed by atoms with E-state index in [4.69, 9.17) is 0 Å². The summed E-state index contributed by atoms with van der Waals surface area (Å²) in [7, 11) is 0. The molecule has 2 rings (SSSR count). The topological polar surface area (TPSA) is 29.1 Å². The number of benzene rings is 1. The fourth-order valence-corrected chi connectivity index (χ4v) is 2.66. The Morgan fingerprint density at radius 2 is 1.67 bits per heavy atom. The smallest absolute Gasteiger partial charge is 0.230 e. The summed E-state index contributed by atoms with van der Waals surface area (Å²) in [5.74, 6) is 0.186. The lowest BCUT2D eigenvalue weighted by Gasteiger charge is -2.32. The third-order valence-corrected chi connectivity index (χ3v) is 4.27. The Balaban J connectivity index is 0.000000677. The molecular formula is C19H31NO. The zero-order valence-electron chi connectivity index (χ0n) is 14.4. The van der Waals surface area contributed by atoms with Crippen LogP contribution < -0.4 is 5.32 Å². The van der Waals surface area contributed by atoms with Crippen LogP contribution in [0.1, 0.15) is 70.4 Å². The van der Waals surface area contributed by atoms with E-state index >= 15 is 0 Å². The van der Waals surface area contributed by atoms with Crippen LogP contribution in [0.25, 0.3) is 0 Å². The van der Waals surface area contributed by atoms with Gasteiger partial charge in [0, 0.05) is 11.1 Å². The molecular weight excluding hydrogens is 258 g/mol. The van der Waals surface area contributed by atoms with Crippen molar-refractivity contribution < 1.29 is 4.79 Å². The second-order valence-electron chi connectivity index (χ2n) is 6.58. The van der Waals surface area contributed by atoms with Gasteiger partial charge >= 0.3 is 0 Å². The molecule has 0 aromatic heterocycles. The molecule has 1 aliphatic carbocycles. The van der Waals surface area contributed by atoms with Crippen molar-refractivity contribution in [2.75, 3.05) is 5.32 Å². The molecule has 118 valence electrons. The van der Waals surface area contributed by atoms with Gasteiger partial charge in [0.05, 0.1) is 0 Å². The van der Waals surface area contributed by atoms with Crippen molar-refractivity contribution in [3.05, 3.63) is 29.3 Å². The fraction of sp³-hybridized carbons (Fsp3) is 0.632. The Labute approximate surface area is 130 Å². The van der Waals surface area contributed by atoms with Crippen LogP contribution in [-0.4, -0.2) is 5.91 Å². The lowest BCUT2D eigenvalue weighted by atomic mass is 9.75. The maximum atomic E-state index is 12.4. The summed E-state index contributed by atoms with van der Waals surface area (Å²) in [6.07, 6.45) is 6.91. The molecule has 0 atom stereocenters. The van der Waals surface area contributed by atoms with Crippen molar-refractivity contribution in [3.63, 3.8) is 0 Å². The lowest BCUT2D eigenvalue weighted by Crippen LogP contribution is -2.35. The molecule has 0 aliphatic heterocycles. The molecule has 2 nitrogen and oxygen atoms in total. The van der Waals surface area contributed by atoms with Crippen molar-refractivity contribution in [2.45, 2.75) is 73.1 Å². The number of nitrogens with one attached hydrogen (secondary N) is 1. The van der Waals surface area contributed by atoms with Crippen molar-refractivity contribution in [2.24, 2.45) is 5.41 Å². The van der Waals surface area contributed by atoms with Gasteiger partial charge in [-0.15, -0.1) is 0 Å². The number of aryl methyl sites for hydroxylation is 2. The minimum absolute atomic E-state index is 0.170. The van der Waals surface area contributed by atoms with Gasteiger partial charge in [0.25, 0.3) is 0 Å². The van der Waals surface area contributed by atoms with Crippen molar-refractivity contribution in [1.82, 2.24) is 0 Å². The van der Waals surface area contributed by atoms with Gasteiger partial charge in [0.1, 0.15) is 0 Å². The average molecular weight is 289 g/mol. The van der Waals surface area contributed by atoms with Gasteiger partial charge in [-0.25, -0.2) is 0 Å². The third-order valence-electron chi connectivity index (χ3n) is 4.27. The second-order valence-corrected chi connectivity index (χ2v) is 6.58. The van der Waals surface area contributed by atoms with Crippen LogP contribution in [0.2, 0.25) is 0 Å². The highest BCUT2D eigenvalue weighted by Gasteiger charge is 2.34. The fourth-order valence-electron chi connectivity index (χ4n) is 2.66. The quantitative estimate of drug-likeness (QED) is 0.751. The first-order chi connectivity index (χ1) is 9.92. The van der Waals surface area contributed by atoms with Gasteiger partial charge in [-0.2, -0.15) is 0 Å². The van der Waals surface area contributed by atoms with Gasteiger partial charge in [0.2, 0.25) is 5.91 Å². The molecule has 1 aromatic rings. The van der Waals surface area contributed by atoms with E-state index in [-0.39, 0.29) is 11.3 Å². The van der Waals surface area contributed by atoms with Crippen LogP contribution in [0.3, 0.4) is 0 Å². The Bertz CT molecular complexity index is 459. The normalized spacial score (nSPS) is 16.6. The van der Waals surface area contributed by atoms with E-state index in [0.717, 1.165) is 18.5 Å². The Morgan fingerprint density at radius 3 is 2.19 bits per heavy atom. The number of carbonyl (C=O) groups excluding carboxylic acids is 1. The number of carbonyl (C=O) groups is 1. The summed E-state index contributed by atoms with van der Waals surface area (Å²) in [6, 6.07) is 6.11. The minimum atomic E-state index is -0.170. The third kappa shape index (κ3) is 5.18. The number of amides is 1. The Hall–Kier alpha value is -1.31. The summed E-state index contributed by atoms with van der Waals surface area (Å²) >= 11 is 0. The van der Waals surface area contributed by atoms with Gasteiger partial charge in [-0.1, -0.05) is 52.5 Å². The SMILES string of the molecule is CCC.Cc1ccc(NC(=O)C2(C)CCCCC2)cc1C. The van der Waals surface area contributed by atoms with Crippen LogP contribution in [0.15, 0.2) is 18.2 Å². The van der Waals surface area contributed by atoms with E-state index in [2.05, 4.69) is 52.1 Å². The summed E-state index contributed by atoms with van der Waals surface area (Å²) in [6.45, 7) is 10.5. The van der Waals surface area contributed by atoms with E-state index in [1.807, 2.05) is 6.07 Å². The molecule has 1 aliphatic rings. The number of anilines is 1. The molecule has 1 N–H and O–H groups in total. The lowest BCUT2D eigenvalue weighted by molar-refractivity contribution is -0.126. The van der Waals surface area contributed by atoms with E-state index in [9.17, 15) is 4.79 Å². The minimum Gasteiger partial charge on any atom is -0.326 e. The summed E-state index contributed by atoms with van der Waals surface area (Å²) in [5, 5.41) is 3.08. The van der Waals surface area contributed by atoms with Crippen molar-refractivity contribution in [1.29, 1.82) is 0 Å². The van der Waals surface area contributed by atoms with Crippen LogP contribution in [-0.2, 0) is 4.79 Å². The Morgan fingerprint density at radius 1 is 1.10 bits per heavy atom. The van der Waals surface area contributed by atoms with E-state index in [1.54, 1.807) is 0 Å². The molecule has 0 radical (unpaired) electrons. The van der Waals surface area contributed by atoms with Gasteiger partial charge < -0.3 is 5.32 Å². The first-order valence-electron chi connectivity index (χ1n) is 8.31. The number of hydrogen-bond donors (Lipinski definition) is 1. The molecule has 1 amide bonds. The zero-order valence-corrected chi connectivity index (χ0v) is 14.4. The predicted octanol–water partition coefficient (Wildman–Crippen LogP) is 5.63. The van der Waals surface area contributed by atoms with Crippen LogP contribution in [0.5, 0.6) is 0 Å². The molecule has 1 saturated carbocycles. The Kier molecular flexibility index (Phi) is 6.94. The second kappa shape index (κ2) is 8.21. The number of hydrogen-bond acceptors (Lipinski definition) is 1. The van der Waals surface area contributed by atoms with Crippen molar-refractivity contribution >= 4 is 11.6 Å². The first kappa shape index (κ1) is 17.7. The zero-order chi connectivity index (χ0) is 15.9. The molecule has 1 fully saturated rings. The molecule has 0 spiro atoms.